The molecular weight excluding hydrogens is 261 g/mol. The fraction of sp³-hybridized carbons (Fsp3) is 0. The summed E-state index contributed by atoms with van der Waals surface area (Å²) in [5, 5.41) is 2.72. The molecule has 0 saturated carbocycles. The first-order chi connectivity index (χ1) is 9.24. The monoisotopic (exact) mass is 271 g/mol. The molecule has 0 aliphatic carbocycles. The van der Waals surface area contributed by atoms with Gasteiger partial charge in [-0.2, -0.15) is 0 Å². The summed E-state index contributed by atoms with van der Waals surface area (Å²) >= 11 is 1.49. The Morgan fingerprint density at radius 3 is 2.63 bits per heavy atom. The molecule has 0 bridgehead atoms. The predicted octanol–water partition coefficient (Wildman–Crippen LogP) is 3.59. The number of halogens is 1. The summed E-state index contributed by atoms with van der Waals surface area (Å²) in [4.78, 5) is 8.51. The Morgan fingerprint density at radius 1 is 1.05 bits per heavy atom. The number of hydrogen-bond acceptors (Lipinski definition) is 4. The van der Waals surface area contributed by atoms with Crippen LogP contribution in [0.5, 0.6) is 0 Å². The molecule has 0 aliphatic heterocycles. The molecule has 0 aliphatic rings. The maximum absolute atomic E-state index is 12.8. The Labute approximate surface area is 113 Å². The molecule has 0 radical (unpaired) electrons. The summed E-state index contributed by atoms with van der Waals surface area (Å²) in [6.45, 7) is 0. The third kappa shape index (κ3) is 2.32. The van der Waals surface area contributed by atoms with Crippen LogP contribution < -0.4 is 5.73 Å². The van der Waals surface area contributed by atoms with E-state index in [2.05, 4.69) is 9.97 Å². The van der Waals surface area contributed by atoms with Gasteiger partial charge in [0, 0.05) is 16.6 Å². The molecule has 2 aromatic heterocycles. The molecule has 1 aromatic carbocycles. The van der Waals surface area contributed by atoms with Crippen LogP contribution in [0.3, 0.4) is 0 Å². The van der Waals surface area contributed by atoms with Crippen molar-refractivity contribution in [3.63, 3.8) is 0 Å². The minimum atomic E-state index is -0.355. The van der Waals surface area contributed by atoms with Crippen molar-refractivity contribution in [3.05, 3.63) is 53.8 Å². The first-order valence-corrected chi connectivity index (χ1v) is 6.54. The van der Waals surface area contributed by atoms with Crippen molar-refractivity contribution in [2.75, 3.05) is 5.73 Å². The van der Waals surface area contributed by atoms with Crippen LogP contribution in [0.4, 0.5) is 10.1 Å². The van der Waals surface area contributed by atoms with Crippen molar-refractivity contribution >= 4 is 17.0 Å². The molecule has 3 aromatic rings. The largest absolute Gasteiger partial charge is 0.398 e. The van der Waals surface area contributed by atoms with Gasteiger partial charge in [0.15, 0.2) is 0 Å². The van der Waals surface area contributed by atoms with E-state index in [-0.39, 0.29) is 5.82 Å². The minimum Gasteiger partial charge on any atom is -0.398 e. The van der Waals surface area contributed by atoms with Gasteiger partial charge in [0.1, 0.15) is 16.5 Å². The summed E-state index contributed by atoms with van der Waals surface area (Å²) in [7, 11) is 0. The molecule has 0 saturated heterocycles. The zero-order valence-electron chi connectivity index (χ0n) is 9.88. The first-order valence-electron chi connectivity index (χ1n) is 5.66. The van der Waals surface area contributed by atoms with E-state index in [1.165, 1.54) is 23.6 Å². The Morgan fingerprint density at radius 2 is 1.89 bits per heavy atom. The summed E-state index contributed by atoms with van der Waals surface area (Å²) in [6, 6.07) is 10.6. The average Bonchev–Trinajstić information content (AvgIpc) is 2.89. The molecular formula is C14H10FN3S. The van der Waals surface area contributed by atoms with Gasteiger partial charge in [0.2, 0.25) is 0 Å². The summed E-state index contributed by atoms with van der Waals surface area (Å²) in [6.07, 6.45) is 1.19. The van der Waals surface area contributed by atoms with Gasteiger partial charge >= 0.3 is 0 Å². The second-order valence-corrected chi connectivity index (χ2v) is 4.84. The smallest absolute Gasteiger partial charge is 0.141 e. The molecule has 0 unspecified atom stereocenters. The van der Waals surface area contributed by atoms with Crippen molar-refractivity contribution < 1.29 is 4.39 Å². The molecule has 3 nitrogen and oxygen atoms in total. The lowest BCUT2D eigenvalue weighted by molar-refractivity contribution is 0.622. The normalized spacial score (nSPS) is 10.6. The Balaban J connectivity index is 2.00. The van der Waals surface area contributed by atoms with E-state index in [1.54, 1.807) is 6.07 Å². The number of thiazole rings is 1. The van der Waals surface area contributed by atoms with Crippen LogP contribution in [0.15, 0.2) is 48.0 Å². The van der Waals surface area contributed by atoms with Gasteiger partial charge in [-0.1, -0.05) is 12.1 Å². The van der Waals surface area contributed by atoms with Gasteiger partial charge in [-0.05, 0) is 24.3 Å². The van der Waals surface area contributed by atoms with E-state index >= 15 is 0 Å². The number of anilines is 1. The number of nitrogens with zero attached hydrogens (tertiary/aromatic N) is 2. The predicted molar refractivity (Wildman–Crippen MR) is 75.2 cm³/mol. The molecule has 0 atom stereocenters. The quantitative estimate of drug-likeness (QED) is 0.725. The summed E-state index contributed by atoms with van der Waals surface area (Å²) < 4.78 is 12.8. The molecule has 0 spiro atoms. The average molecular weight is 271 g/mol. The first kappa shape index (κ1) is 11.8. The maximum Gasteiger partial charge on any atom is 0.141 e. The van der Waals surface area contributed by atoms with E-state index in [0.717, 1.165) is 16.3 Å². The lowest BCUT2D eigenvalue weighted by atomic mass is 10.2. The Bertz CT molecular complexity index is 707. The van der Waals surface area contributed by atoms with E-state index < -0.39 is 0 Å². The number of benzene rings is 1. The lowest BCUT2D eigenvalue weighted by Gasteiger charge is -2.00. The van der Waals surface area contributed by atoms with Crippen molar-refractivity contribution in [3.8, 4) is 22.0 Å². The summed E-state index contributed by atoms with van der Waals surface area (Å²) in [5.41, 5.74) is 8.89. The van der Waals surface area contributed by atoms with Crippen LogP contribution in [0.1, 0.15) is 0 Å². The van der Waals surface area contributed by atoms with Gasteiger partial charge < -0.3 is 5.73 Å². The fourth-order valence-electron chi connectivity index (χ4n) is 1.73. The van der Waals surface area contributed by atoms with Gasteiger partial charge in [-0.25, -0.2) is 9.37 Å². The molecule has 19 heavy (non-hydrogen) atoms. The van der Waals surface area contributed by atoms with E-state index in [4.69, 9.17) is 5.73 Å². The van der Waals surface area contributed by atoms with Crippen LogP contribution >= 0.6 is 11.3 Å². The third-order valence-corrected chi connectivity index (χ3v) is 3.56. The van der Waals surface area contributed by atoms with Gasteiger partial charge in [-0.15, -0.1) is 11.3 Å². The highest BCUT2D eigenvalue weighted by Crippen LogP contribution is 2.31. The number of nitrogen functional groups attached to an aromatic ring is 1. The molecule has 0 fully saturated rings. The molecule has 2 heterocycles. The zero-order valence-corrected chi connectivity index (χ0v) is 10.7. The number of aromatic nitrogens is 2. The highest BCUT2D eigenvalue weighted by molar-refractivity contribution is 7.13. The third-order valence-electron chi connectivity index (χ3n) is 2.69. The van der Waals surface area contributed by atoms with Gasteiger partial charge in [0.25, 0.3) is 0 Å². The van der Waals surface area contributed by atoms with Gasteiger partial charge in [0.05, 0.1) is 11.9 Å². The van der Waals surface area contributed by atoms with Crippen LogP contribution in [0.2, 0.25) is 0 Å². The van der Waals surface area contributed by atoms with Crippen LogP contribution in [-0.2, 0) is 0 Å². The Kier molecular flexibility index (Phi) is 2.97. The highest BCUT2D eigenvalue weighted by atomic mass is 32.1. The van der Waals surface area contributed by atoms with Crippen molar-refractivity contribution in [2.24, 2.45) is 0 Å². The lowest BCUT2D eigenvalue weighted by Crippen LogP contribution is -1.89. The zero-order chi connectivity index (χ0) is 13.2. The molecule has 5 heteroatoms. The van der Waals surface area contributed by atoms with Crippen molar-refractivity contribution in [1.82, 2.24) is 9.97 Å². The van der Waals surface area contributed by atoms with E-state index in [9.17, 15) is 4.39 Å². The standard InChI is InChI=1S/C14H10FN3S/c15-9-5-6-12(17-7-9)13-8-19-14(18-13)10-3-1-2-4-11(10)16/h1-8H,16H2. The van der Waals surface area contributed by atoms with E-state index in [0.29, 0.717) is 11.4 Å². The molecule has 94 valence electrons. The SMILES string of the molecule is Nc1ccccc1-c1nc(-c2ccc(F)cn2)cs1. The number of pyridine rings is 1. The van der Waals surface area contributed by atoms with Crippen LogP contribution in [0, 0.1) is 5.82 Å². The summed E-state index contributed by atoms with van der Waals surface area (Å²) in [5.74, 6) is -0.355. The van der Waals surface area contributed by atoms with Crippen molar-refractivity contribution in [1.29, 1.82) is 0 Å². The highest BCUT2D eigenvalue weighted by Gasteiger charge is 2.09. The number of nitrogens with two attached hydrogens (primary N) is 1. The number of rotatable bonds is 2. The van der Waals surface area contributed by atoms with Crippen molar-refractivity contribution in [2.45, 2.75) is 0 Å². The second-order valence-electron chi connectivity index (χ2n) is 3.99. The van der Waals surface area contributed by atoms with Gasteiger partial charge in [-0.3, -0.25) is 4.98 Å². The Hall–Kier alpha value is -2.27. The molecule has 3 rings (SSSR count). The van der Waals surface area contributed by atoms with Crippen LogP contribution in [-0.4, -0.2) is 9.97 Å². The number of hydrogen-bond donors (Lipinski definition) is 1. The minimum absolute atomic E-state index is 0.355. The van der Waals surface area contributed by atoms with E-state index in [1.807, 2.05) is 29.6 Å². The molecule has 0 amide bonds. The fourth-order valence-corrected chi connectivity index (χ4v) is 2.59. The topological polar surface area (TPSA) is 51.8 Å². The number of para-hydroxylation sites is 1. The van der Waals surface area contributed by atoms with Crippen LogP contribution in [0.25, 0.3) is 22.0 Å². The maximum atomic E-state index is 12.8. The second kappa shape index (κ2) is 4.78. The molecule has 2 N–H and O–H groups in total.